The second kappa shape index (κ2) is 6.20. The second-order valence-electron chi connectivity index (χ2n) is 5.57. The lowest BCUT2D eigenvalue weighted by atomic mass is 9.72. The Morgan fingerprint density at radius 3 is 2.19 bits per heavy atom. The van der Waals surface area contributed by atoms with Crippen molar-refractivity contribution in [3.63, 3.8) is 0 Å². The van der Waals surface area contributed by atoms with Crippen molar-refractivity contribution in [3.8, 4) is 0 Å². The van der Waals surface area contributed by atoms with E-state index in [0.29, 0.717) is 38.9 Å². The highest BCUT2D eigenvalue weighted by atomic mass is 32.2. The van der Waals surface area contributed by atoms with E-state index < -0.39 is 27.3 Å². The summed E-state index contributed by atoms with van der Waals surface area (Å²) in [5, 5.41) is 0. The Labute approximate surface area is 125 Å². The minimum atomic E-state index is -3.61. The summed E-state index contributed by atoms with van der Waals surface area (Å²) < 4.78 is 43.7. The molecule has 122 valence electrons. The van der Waals surface area contributed by atoms with E-state index >= 15 is 0 Å². The molecule has 0 radical (unpaired) electrons. The number of ether oxygens (including phenoxy) is 3. The Morgan fingerprint density at radius 1 is 1.14 bits per heavy atom. The lowest BCUT2D eigenvalue weighted by Gasteiger charge is -2.41. The monoisotopic (exact) mass is 322 g/mol. The first kappa shape index (κ1) is 16.7. The van der Waals surface area contributed by atoms with Gasteiger partial charge in [-0.15, -0.1) is 0 Å². The Balaban J connectivity index is 2.08. The number of hydrogen-bond donors (Lipinski definition) is 0. The van der Waals surface area contributed by atoms with Gasteiger partial charge in [0.25, 0.3) is 10.1 Å². The average Bonchev–Trinajstić information content (AvgIpc) is 2.87. The van der Waals surface area contributed by atoms with Gasteiger partial charge in [-0.2, -0.15) is 8.42 Å². The maximum atomic E-state index is 12.3. The zero-order valence-corrected chi connectivity index (χ0v) is 13.2. The number of carbonyl (C=O) groups excluding carboxylic acids is 1. The van der Waals surface area contributed by atoms with Crippen molar-refractivity contribution in [3.05, 3.63) is 0 Å². The van der Waals surface area contributed by atoms with Crippen molar-refractivity contribution in [2.24, 2.45) is 5.41 Å². The normalized spacial score (nSPS) is 24.1. The van der Waals surface area contributed by atoms with Gasteiger partial charge < -0.3 is 14.2 Å². The Kier molecular flexibility index (Phi) is 4.92. The molecule has 1 aliphatic carbocycles. The standard InChI is InChI=1S/C13H22O7S/c1-3-17-11(14)12(10-20-21(2,15)16)4-6-13(7-5-12)18-8-9-19-13/h3-10H2,1-2H3. The average molecular weight is 322 g/mol. The lowest BCUT2D eigenvalue weighted by Crippen LogP contribution is -2.47. The zero-order valence-electron chi connectivity index (χ0n) is 12.4. The molecule has 0 aromatic carbocycles. The predicted molar refractivity (Wildman–Crippen MR) is 73.0 cm³/mol. The summed E-state index contributed by atoms with van der Waals surface area (Å²) in [5.74, 6) is -1.04. The highest BCUT2D eigenvalue weighted by Crippen LogP contribution is 2.45. The number of rotatable bonds is 5. The molecule has 1 saturated heterocycles. The van der Waals surface area contributed by atoms with E-state index in [9.17, 15) is 13.2 Å². The first-order valence-corrected chi connectivity index (χ1v) is 8.92. The topological polar surface area (TPSA) is 88.1 Å². The molecule has 0 N–H and O–H groups in total. The van der Waals surface area contributed by atoms with Gasteiger partial charge in [-0.25, -0.2) is 0 Å². The molecule has 1 spiro atoms. The molecule has 1 aliphatic heterocycles. The van der Waals surface area contributed by atoms with Crippen molar-refractivity contribution in [1.82, 2.24) is 0 Å². The van der Waals surface area contributed by atoms with Crippen molar-refractivity contribution >= 4 is 16.1 Å². The van der Waals surface area contributed by atoms with Gasteiger partial charge in [-0.1, -0.05) is 0 Å². The van der Waals surface area contributed by atoms with E-state index in [1.54, 1.807) is 6.92 Å². The van der Waals surface area contributed by atoms with Crippen LogP contribution >= 0.6 is 0 Å². The summed E-state index contributed by atoms with van der Waals surface area (Å²) in [6.45, 7) is 2.87. The highest BCUT2D eigenvalue weighted by Gasteiger charge is 2.51. The molecule has 8 heteroatoms. The molecule has 0 amide bonds. The van der Waals surface area contributed by atoms with Crippen LogP contribution in [0, 0.1) is 5.41 Å². The van der Waals surface area contributed by atoms with Crippen LogP contribution < -0.4 is 0 Å². The third kappa shape index (κ3) is 3.94. The number of esters is 1. The van der Waals surface area contributed by atoms with E-state index in [0.717, 1.165) is 6.26 Å². The molecule has 0 bridgehead atoms. The first-order chi connectivity index (χ1) is 9.81. The molecule has 0 aromatic rings. The van der Waals surface area contributed by atoms with Crippen molar-refractivity contribution in [1.29, 1.82) is 0 Å². The molecule has 1 heterocycles. The summed E-state index contributed by atoms with van der Waals surface area (Å²) in [6, 6.07) is 0. The van der Waals surface area contributed by atoms with Crippen molar-refractivity contribution < 1.29 is 31.6 Å². The maximum Gasteiger partial charge on any atom is 0.314 e. The molecule has 0 aromatic heterocycles. The van der Waals surface area contributed by atoms with Crippen molar-refractivity contribution in [2.75, 3.05) is 32.7 Å². The van der Waals surface area contributed by atoms with Crippen LogP contribution in [0.2, 0.25) is 0 Å². The van der Waals surface area contributed by atoms with Gasteiger partial charge in [0.2, 0.25) is 0 Å². The van der Waals surface area contributed by atoms with Gasteiger partial charge in [0.1, 0.15) is 0 Å². The first-order valence-electron chi connectivity index (χ1n) is 7.10. The molecule has 0 atom stereocenters. The van der Waals surface area contributed by atoms with Gasteiger partial charge in [0, 0.05) is 12.8 Å². The smallest absolute Gasteiger partial charge is 0.314 e. The van der Waals surface area contributed by atoms with Gasteiger partial charge in [0.15, 0.2) is 5.79 Å². The highest BCUT2D eigenvalue weighted by molar-refractivity contribution is 7.85. The van der Waals surface area contributed by atoms with Crippen LogP contribution in [-0.2, 0) is 33.3 Å². The minimum absolute atomic E-state index is 0.194. The van der Waals surface area contributed by atoms with Crippen LogP contribution in [0.15, 0.2) is 0 Å². The summed E-state index contributed by atoms with van der Waals surface area (Å²) in [7, 11) is -3.61. The Morgan fingerprint density at radius 2 is 1.71 bits per heavy atom. The number of carbonyl (C=O) groups is 1. The molecule has 2 fully saturated rings. The lowest BCUT2D eigenvalue weighted by molar-refractivity contribution is -0.201. The molecule has 2 aliphatic rings. The summed E-state index contributed by atoms with van der Waals surface area (Å²) in [4.78, 5) is 12.3. The van der Waals surface area contributed by atoms with Crippen LogP contribution in [-0.4, -0.2) is 52.9 Å². The third-order valence-corrected chi connectivity index (χ3v) is 4.59. The quantitative estimate of drug-likeness (QED) is 0.547. The van der Waals surface area contributed by atoms with Gasteiger partial charge in [-0.3, -0.25) is 8.98 Å². The summed E-state index contributed by atoms with van der Waals surface area (Å²) in [6.07, 6.45) is 2.86. The summed E-state index contributed by atoms with van der Waals surface area (Å²) >= 11 is 0. The van der Waals surface area contributed by atoms with Crippen LogP contribution in [0.4, 0.5) is 0 Å². The van der Waals surface area contributed by atoms with Gasteiger partial charge in [0.05, 0.1) is 38.1 Å². The van der Waals surface area contributed by atoms with E-state index in [-0.39, 0.29) is 13.2 Å². The maximum absolute atomic E-state index is 12.3. The second-order valence-corrected chi connectivity index (χ2v) is 7.22. The van der Waals surface area contributed by atoms with Crippen LogP contribution in [0.25, 0.3) is 0 Å². The van der Waals surface area contributed by atoms with Crippen LogP contribution in [0.5, 0.6) is 0 Å². The SMILES string of the molecule is CCOC(=O)C1(COS(C)(=O)=O)CCC2(CC1)OCCO2. The molecular formula is C13H22O7S. The summed E-state index contributed by atoms with van der Waals surface area (Å²) in [5.41, 5.74) is -0.945. The largest absolute Gasteiger partial charge is 0.465 e. The molecular weight excluding hydrogens is 300 g/mol. The fourth-order valence-corrected chi connectivity index (χ4v) is 3.25. The van der Waals surface area contributed by atoms with E-state index in [2.05, 4.69) is 0 Å². The zero-order chi connectivity index (χ0) is 15.6. The van der Waals surface area contributed by atoms with Crippen LogP contribution in [0.1, 0.15) is 32.6 Å². The molecule has 7 nitrogen and oxygen atoms in total. The van der Waals surface area contributed by atoms with Crippen LogP contribution in [0.3, 0.4) is 0 Å². The third-order valence-electron chi connectivity index (χ3n) is 4.04. The van der Waals surface area contributed by atoms with Gasteiger partial charge >= 0.3 is 5.97 Å². The van der Waals surface area contributed by atoms with Gasteiger partial charge in [-0.05, 0) is 19.8 Å². The molecule has 0 unspecified atom stereocenters. The van der Waals surface area contributed by atoms with Crippen molar-refractivity contribution in [2.45, 2.75) is 38.4 Å². The molecule has 2 rings (SSSR count). The number of hydrogen-bond acceptors (Lipinski definition) is 7. The Bertz CT molecular complexity index is 469. The van der Waals surface area contributed by atoms with E-state index in [4.69, 9.17) is 18.4 Å². The fourth-order valence-electron chi connectivity index (χ4n) is 2.81. The van der Waals surface area contributed by atoms with E-state index in [1.165, 1.54) is 0 Å². The molecule has 21 heavy (non-hydrogen) atoms. The fraction of sp³-hybridized carbons (Fsp3) is 0.923. The van der Waals surface area contributed by atoms with E-state index in [1.807, 2.05) is 0 Å². The molecule has 1 saturated carbocycles. The predicted octanol–water partition coefficient (Wildman–Crippen LogP) is 0.829. The Hall–Kier alpha value is -0.700. The minimum Gasteiger partial charge on any atom is -0.465 e.